The molecule has 1 aromatic heterocycles. The fraction of sp³-hybridized carbons (Fsp3) is 0. The van der Waals surface area contributed by atoms with Crippen LogP contribution >= 0.6 is 0 Å². The molecule has 1 heterocycles. The Morgan fingerprint density at radius 3 is 2.32 bits per heavy atom. The van der Waals surface area contributed by atoms with Crippen LogP contribution < -0.4 is 5.43 Å². The summed E-state index contributed by atoms with van der Waals surface area (Å²) in [6.07, 6.45) is 0. The van der Waals surface area contributed by atoms with Gasteiger partial charge in [-0.3, -0.25) is 4.79 Å². The molecule has 5 N–H and O–H groups in total. The van der Waals surface area contributed by atoms with Crippen molar-refractivity contribution >= 4 is 11.0 Å². The smallest absolute Gasteiger partial charge is 0.238 e. The zero-order valence-electron chi connectivity index (χ0n) is 10.8. The molecule has 0 saturated carbocycles. The van der Waals surface area contributed by atoms with Gasteiger partial charge in [-0.1, -0.05) is 6.07 Å². The summed E-state index contributed by atoms with van der Waals surface area (Å²) in [5.41, 5.74) is -1.14. The Labute approximate surface area is 122 Å². The van der Waals surface area contributed by atoms with E-state index in [4.69, 9.17) is 4.42 Å². The van der Waals surface area contributed by atoms with Gasteiger partial charge in [-0.2, -0.15) is 0 Å². The number of benzene rings is 1. The Balaban J connectivity index is 2.38. The minimum Gasteiger partial charge on any atom is -0.508 e. The number of rotatable bonds is 1. The zero-order chi connectivity index (χ0) is 16.0. The monoisotopic (exact) mass is 300 g/mol. The van der Waals surface area contributed by atoms with Gasteiger partial charge in [0.2, 0.25) is 16.9 Å². The summed E-state index contributed by atoms with van der Waals surface area (Å²) in [5.74, 6) is -3.16. The number of fused-ring (bicyclic) bond motifs is 1. The van der Waals surface area contributed by atoms with E-state index in [1.54, 1.807) is 0 Å². The maximum atomic E-state index is 12.1. The van der Waals surface area contributed by atoms with E-state index in [2.05, 4.69) is 12.1 Å². The lowest BCUT2D eigenvalue weighted by Crippen LogP contribution is -2.02. The Morgan fingerprint density at radius 1 is 0.909 bits per heavy atom. The second-order valence-electron chi connectivity index (χ2n) is 4.49. The highest BCUT2D eigenvalue weighted by Gasteiger charge is 2.19. The highest BCUT2D eigenvalue weighted by Crippen LogP contribution is 2.36. The standard InChI is InChI=1S/C15H8O7/c16-7-4-10(19)12-11(5-7)22-15(14(21)13(12)20)6-1-2-8(17)9(18)3-6/h3-5,16-19,21H. The zero-order valence-corrected chi connectivity index (χ0v) is 10.8. The van der Waals surface area contributed by atoms with Crippen molar-refractivity contribution in [3.05, 3.63) is 40.6 Å². The third-order valence-corrected chi connectivity index (χ3v) is 3.02. The van der Waals surface area contributed by atoms with Crippen molar-refractivity contribution in [3.63, 3.8) is 0 Å². The first-order valence-corrected chi connectivity index (χ1v) is 5.96. The van der Waals surface area contributed by atoms with Crippen molar-refractivity contribution in [1.29, 1.82) is 0 Å². The molecule has 7 heteroatoms. The van der Waals surface area contributed by atoms with Crippen LogP contribution in [0.4, 0.5) is 0 Å². The highest BCUT2D eigenvalue weighted by molar-refractivity contribution is 5.88. The molecular formula is C15H8O7. The number of aromatic hydroxyl groups is 5. The molecule has 0 amide bonds. The lowest BCUT2D eigenvalue weighted by Gasteiger charge is -2.06. The lowest BCUT2D eigenvalue weighted by molar-refractivity contribution is 0.404. The lowest BCUT2D eigenvalue weighted by atomic mass is 10.1. The number of phenolic OH excluding ortho intramolecular Hbond substituents is 2. The van der Waals surface area contributed by atoms with Crippen LogP contribution in [0, 0.1) is 12.1 Å². The Bertz CT molecular complexity index is 956. The third kappa shape index (κ3) is 1.91. The van der Waals surface area contributed by atoms with E-state index in [9.17, 15) is 30.3 Å². The summed E-state index contributed by atoms with van der Waals surface area (Å²) in [7, 11) is 0. The van der Waals surface area contributed by atoms with Gasteiger partial charge in [-0.25, -0.2) is 0 Å². The predicted octanol–water partition coefficient (Wildman–Crippen LogP) is 1.59. The average Bonchev–Trinajstić information content (AvgIpc) is 2.45. The van der Waals surface area contributed by atoms with Crippen LogP contribution in [0.25, 0.3) is 22.3 Å². The van der Waals surface area contributed by atoms with Crippen LogP contribution in [-0.4, -0.2) is 25.5 Å². The van der Waals surface area contributed by atoms with Crippen molar-refractivity contribution in [2.75, 3.05) is 0 Å². The van der Waals surface area contributed by atoms with Crippen LogP contribution in [0.3, 0.4) is 0 Å². The molecular weight excluding hydrogens is 292 g/mol. The molecule has 0 saturated heterocycles. The topological polar surface area (TPSA) is 131 Å². The van der Waals surface area contributed by atoms with E-state index in [1.807, 2.05) is 0 Å². The first-order valence-electron chi connectivity index (χ1n) is 5.96. The van der Waals surface area contributed by atoms with Crippen LogP contribution in [-0.2, 0) is 0 Å². The van der Waals surface area contributed by atoms with Gasteiger partial charge in [0.05, 0.1) is 5.56 Å². The first kappa shape index (κ1) is 13.5. The summed E-state index contributed by atoms with van der Waals surface area (Å²) in [5, 5.41) is 47.4. The van der Waals surface area contributed by atoms with E-state index >= 15 is 0 Å². The summed E-state index contributed by atoms with van der Waals surface area (Å²) in [6, 6.07) is 7.63. The van der Waals surface area contributed by atoms with Crippen molar-refractivity contribution in [2.45, 2.75) is 0 Å². The molecule has 2 aromatic carbocycles. The summed E-state index contributed by atoms with van der Waals surface area (Å²) < 4.78 is 5.30. The van der Waals surface area contributed by atoms with Crippen LogP contribution in [0.2, 0.25) is 0 Å². The Hall–Kier alpha value is -3.53. The molecule has 0 atom stereocenters. The minimum absolute atomic E-state index is 0.0466. The molecule has 0 spiro atoms. The van der Waals surface area contributed by atoms with Crippen LogP contribution in [0.5, 0.6) is 28.7 Å². The van der Waals surface area contributed by atoms with E-state index in [0.717, 1.165) is 18.2 Å². The summed E-state index contributed by atoms with van der Waals surface area (Å²) >= 11 is 0. The molecule has 0 fully saturated rings. The Kier molecular flexibility index (Phi) is 2.75. The van der Waals surface area contributed by atoms with E-state index in [-0.39, 0.29) is 28.0 Å². The molecule has 0 aliphatic carbocycles. The molecule has 0 aliphatic heterocycles. The quantitative estimate of drug-likeness (QED) is 0.461. The van der Waals surface area contributed by atoms with Crippen molar-refractivity contribution in [2.24, 2.45) is 0 Å². The molecule has 0 bridgehead atoms. The number of hydrogen-bond acceptors (Lipinski definition) is 7. The second kappa shape index (κ2) is 4.49. The molecule has 0 unspecified atom stereocenters. The molecule has 3 aromatic rings. The number of phenols is 2. The van der Waals surface area contributed by atoms with Gasteiger partial charge in [0.15, 0.2) is 11.5 Å². The molecule has 110 valence electrons. The molecule has 3 rings (SSSR count). The second-order valence-corrected chi connectivity index (χ2v) is 4.49. The van der Waals surface area contributed by atoms with E-state index in [1.165, 1.54) is 0 Å². The predicted molar refractivity (Wildman–Crippen MR) is 73.9 cm³/mol. The summed E-state index contributed by atoms with van der Waals surface area (Å²) in [6.45, 7) is 0. The number of hydrogen-bond donors (Lipinski definition) is 5. The average molecular weight is 300 g/mol. The molecule has 7 nitrogen and oxygen atoms in total. The van der Waals surface area contributed by atoms with Gasteiger partial charge >= 0.3 is 0 Å². The fourth-order valence-corrected chi connectivity index (χ4v) is 2.01. The van der Waals surface area contributed by atoms with Gasteiger partial charge in [-0.15, -0.1) is 0 Å². The minimum atomic E-state index is -0.922. The van der Waals surface area contributed by atoms with E-state index < -0.39 is 28.4 Å². The highest BCUT2D eigenvalue weighted by atomic mass is 16.4. The van der Waals surface area contributed by atoms with Crippen LogP contribution in [0.1, 0.15) is 0 Å². The van der Waals surface area contributed by atoms with Gasteiger partial charge in [0.25, 0.3) is 0 Å². The van der Waals surface area contributed by atoms with Gasteiger partial charge in [-0.05, 0) is 6.07 Å². The largest absolute Gasteiger partial charge is 0.508 e. The molecule has 22 heavy (non-hydrogen) atoms. The van der Waals surface area contributed by atoms with Gasteiger partial charge in [0.1, 0.15) is 22.5 Å². The van der Waals surface area contributed by atoms with Crippen LogP contribution in [0.15, 0.2) is 27.4 Å². The summed E-state index contributed by atoms with van der Waals surface area (Å²) in [4.78, 5) is 12.1. The van der Waals surface area contributed by atoms with Crippen molar-refractivity contribution < 1.29 is 29.9 Å². The van der Waals surface area contributed by atoms with Gasteiger partial charge < -0.3 is 29.9 Å². The molecule has 0 radical (unpaired) electrons. The fourth-order valence-electron chi connectivity index (χ4n) is 2.01. The first-order chi connectivity index (χ1) is 10.4. The maximum Gasteiger partial charge on any atom is 0.238 e. The maximum absolute atomic E-state index is 12.1. The third-order valence-electron chi connectivity index (χ3n) is 3.02. The normalized spacial score (nSPS) is 10.5. The molecule has 0 aliphatic rings. The van der Waals surface area contributed by atoms with Crippen molar-refractivity contribution in [1.82, 2.24) is 0 Å². The SMILES string of the molecule is O=c1c(O)c(-c2c#cc(O)c(O)c2)oc2cc(O)cc(O)c12. The van der Waals surface area contributed by atoms with E-state index in [0.29, 0.717) is 0 Å². The van der Waals surface area contributed by atoms with Crippen molar-refractivity contribution in [3.8, 4) is 40.1 Å². The Morgan fingerprint density at radius 2 is 1.64 bits per heavy atom. The van der Waals surface area contributed by atoms with Gasteiger partial charge in [0, 0.05) is 18.2 Å².